The third-order valence-corrected chi connectivity index (χ3v) is 2.98. The normalized spacial score (nSPS) is 11.0. The van der Waals surface area contributed by atoms with Crippen molar-refractivity contribution in [2.45, 2.75) is 32.3 Å². The molecule has 0 aliphatic rings. The van der Waals surface area contributed by atoms with Gasteiger partial charge in [-0.3, -0.25) is 0 Å². The number of rotatable bonds is 5. The highest BCUT2D eigenvalue weighted by Crippen LogP contribution is 2.17. The van der Waals surface area contributed by atoms with Crippen LogP contribution < -0.4 is 5.32 Å². The topological polar surface area (TPSA) is 24.9 Å². The molecule has 0 aliphatic carbocycles. The summed E-state index contributed by atoms with van der Waals surface area (Å²) in [6, 6.07) is 2.21. The molecule has 2 nitrogen and oxygen atoms in total. The Morgan fingerprint density at radius 1 is 1.47 bits per heavy atom. The molecule has 15 heavy (non-hydrogen) atoms. The van der Waals surface area contributed by atoms with Crippen molar-refractivity contribution >= 4 is 11.8 Å². The Morgan fingerprint density at radius 3 is 2.73 bits per heavy atom. The second-order valence-electron chi connectivity index (χ2n) is 4.19. The van der Waals surface area contributed by atoms with Gasteiger partial charge in [0.25, 0.3) is 0 Å². The minimum Gasteiger partial charge on any atom is -0.312 e. The molecule has 0 fully saturated rings. The molecule has 1 heterocycles. The van der Waals surface area contributed by atoms with E-state index in [1.165, 1.54) is 11.1 Å². The minimum atomic E-state index is 0.699. The number of thioether (sulfide) groups is 1. The van der Waals surface area contributed by atoms with Crippen LogP contribution in [0.15, 0.2) is 17.3 Å². The van der Waals surface area contributed by atoms with Crippen molar-refractivity contribution < 1.29 is 0 Å². The second kappa shape index (κ2) is 6.13. The van der Waals surface area contributed by atoms with E-state index in [0.29, 0.717) is 5.92 Å². The number of hydrogen-bond donors (Lipinski definition) is 1. The fraction of sp³-hybridized carbons (Fsp3) is 0.583. The van der Waals surface area contributed by atoms with Crippen molar-refractivity contribution in [1.82, 2.24) is 10.3 Å². The molecule has 0 aliphatic heterocycles. The summed E-state index contributed by atoms with van der Waals surface area (Å²) in [6.45, 7) is 8.52. The Kier molecular flexibility index (Phi) is 5.12. The van der Waals surface area contributed by atoms with Crippen LogP contribution in [0.2, 0.25) is 0 Å². The summed E-state index contributed by atoms with van der Waals surface area (Å²) in [4.78, 5) is 4.42. The first kappa shape index (κ1) is 12.5. The van der Waals surface area contributed by atoms with Gasteiger partial charge >= 0.3 is 0 Å². The van der Waals surface area contributed by atoms with Crippen molar-refractivity contribution in [2.24, 2.45) is 5.92 Å². The maximum Gasteiger partial charge on any atom is 0.0986 e. The number of pyridine rings is 1. The van der Waals surface area contributed by atoms with Crippen LogP contribution in [0.3, 0.4) is 0 Å². The van der Waals surface area contributed by atoms with E-state index in [4.69, 9.17) is 0 Å². The van der Waals surface area contributed by atoms with Crippen LogP contribution in [0, 0.1) is 12.8 Å². The second-order valence-corrected chi connectivity index (χ2v) is 4.99. The van der Waals surface area contributed by atoms with Gasteiger partial charge in [-0.15, -0.1) is 11.8 Å². The van der Waals surface area contributed by atoms with Gasteiger partial charge < -0.3 is 5.32 Å². The van der Waals surface area contributed by atoms with Gasteiger partial charge in [-0.2, -0.15) is 0 Å². The van der Waals surface area contributed by atoms with E-state index in [0.717, 1.165) is 18.1 Å². The zero-order valence-electron chi connectivity index (χ0n) is 10.0. The number of aryl methyl sites for hydroxylation is 1. The third kappa shape index (κ3) is 4.22. The van der Waals surface area contributed by atoms with Crippen LogP contribution in [0.25, 0.3) is 0 Å². The fourth-order valence-electron chi connectivity index (χ4n) is 1.44. The lowest BCUT2D eigenvalue weighted by molar-refractivity contribution is 0.551. The average molecular weight is 224 g/mol. The molecule has 0 saturated heterocycles. The van der Waals surface area contributed by atoms with Gasteiger partial charge in [-0.05, 0) is 36.8 Å². The number of nitrogens with one attached hydrogen (secondary N) is 1. The lowest BCUT2D eigenvalue weighted by Gasteiger charge is -2.08. The van der Waals surface area contributed by atoms with E-state index in [9.17, 15) is 0 Å². The molecule has 0 amide bonds. The molecule has 1 aromatic heterocycles. The molecule has 3 heteroatoms. The Balaban J connectivity index is 2.52. The van der Waals surface area contributed by atoms with Crippen LogP contribution in [0.1, 0.15) is 25.0 Å². The third-order valence-electron chi connectivity index (χ3n) is 2.16. The van der Waals surface area contributed by atoms with Crippen LogP contribution in [-0.4, -0.2) is 17.8 Å². The number of hydrogen-bond acceptors (Lipinski definition) is 3. The van der Waals surface area contributed by atoms with Gasteiger partial charge in [0.15, 0.2) is 0 Å². The molecule has 0 aromatic carbocycles. The van der Waals surface area contributed by atoms with Crippen molar-refractivity contribution in [3.8, 4) is 0 Å². The predicted octanol–water partition coefficient (Wildman–Crippen LogP) is 2.86. The van der Waals surface area contributed by atoms with Crippen LogP contribution in [-0.2, 0) is 6.54 Å². The summed E-state index contributed by atoms with van der Waals surface area (Å²) in [6.07, 6.45) is 4.03. The zero-order valence-corrected chi connectivity index (χ0v) is 10.8. The molecule has 1 rings (SSSR count). The van der Waals surface area contributed by atoms with Crippen molar-refractivity contribution in [3.05, 3.63) is 23.4 Å². The van der Waals surface area contributed by atoms with E-state index in [-0.39, 0.29) is 0 Å². The molecule has 0 saturated carbocycles. The summed E-state index contributed by atoms with van der Waals surface area (Å²) >= 11 is 1.70. The minimum absolute atomic E-state index is 0.699. The summed E-state index contributed by atoms with van der Waals surface area (Å²) in [5.74, 6) is 0.699. The first-order valence-corrected chi connectivity index (χ1v) is 6.56. The van der Waals surface area contributed by atoms with Gasteiger partial charge in [-0.25, -0.2) is 4.98 Å². The lowest BCUT2D eigenvalue weighted by atomic mass is 10.2. The molecule has 1 N–H and O–H groups in total. The molecular weight excluding hydrogens is 204 g/mol. The molecule has 1 aromatic rings. The predicted molar refractivity (Wildman–Crippen MR) is 67.3 cm³/mol. The Labute approximate surface area is 96.9 Å². The van der Waals surface area contributed by atoms with Gasteiger partial charge in [-0.1, -0.05) is 19.9 Å². The largest absolute Gasteiger partial charge is 0.312 e. The van der Waals surface area contributed by atoms with Crippen LogP contribution in [0.4, 0.5) is 0 Å². The fourth-order valence-corrected chi connectivity index (χ4v) is 1.98. The van der Waals surface area contributed by atoms with E-state index in [1.54, 1.807) is 11.8 Å². The first-order valence-electron chi connectivity index (χ1n) is 5.33. The van der Waals surface area contributed by atoms with Crippen LogP contribution >= 0.6 is 11.8 Å². The van der Waals surface area contributed by atoms with Crippen LogP contribution in [0.5, 0.6) is 0 Å². The van der Waals surface area contributed by atoms with Gasteiger partial charge in [0.2, 0.25) is 0 Å². The first-order chi connectivity index (χ1) is 7.13. The average Bonchev–Trinajstić information content (AvgIpc) is 2.17. The molecule has 0 unspecified atom stereocenters. The monoisotopic (exact) mass is 224 g/mol. The molecule has 0 spiro atoms. The number of aromatic nitrogens is 1. The van der Waals surface area contributed by atoms with Crippen molar-refractivity contribution in [1.29, 1.82) is 0 Å². The van der Waals surface area contributed by atoms with Gasteiger partial charge in [0.1, 0.15) is 0 Å². The van der Waals surface area contributed by atoms with E-state index >= 15 is 0 Å². The summed E-state index contributed by atoms with van der Waals surface area (Å²) in [5, 5.41) is 4.55. The quantitative estimate of drug-likeness (QED) is 0.779. The highest BCUT2D eigenvalue weighted by Gasteiger charge is 2.00. The zero-order chi connectivity index (χ0) is 11.3. The van der Waals surface area contributed by atoms with E-state index in [2.05, 4.69) is 43.4 Å². The van der Waals surface area contributed by atoms with E-state index < -0.39 is 0 Å². The SMILES string of the molecule is CSc1ncc(CNCC(C)C)cc1C. The van der Waals surface area contributed by atoms with Gasteiger partial charge in [0.05, 0.1) is 5.03 Å². The molecule has 0 atom stereocenters. The summed E-state index contributed by atoms with van der Waals surface area (Å²) in [7, 11) is 0. The molecule has 0 radical (unpaired) electrons. The molecular formula is C12H20N2S. The maximum atomic E-state index is 4.42. The smallest absolute Gasteiger partial charge is 0.0986 e. The molecule has 84 valence electrons. The standard InChI is InChI=1S/C12H20N2S/c1-9(2)6-13-7-11-5-10(3)12(15-4)14-8-11/h5,8-9,13H,6-7H2,1-4H3. The van der Waals surface area contributed by atoms with E-state index in [1.807, 2.05) is 6.20 Å². The van der Waals surface area contributed by atoms with Gasteiger partial charge in [0, 0.05) is 12.7 Å². The Bertz CT molecular complexity index is 310. The highest BCUT2D eigenvalue weighted by molar-refractivity contribution is 7.98. The number of nitrogens with zero attached hydrogens (tertiary/aromatic N) is 1. The maximum absolute atomic E-state index is 4.42. The summed E-state index contributed by atoms with van der Waals surface area (Å²) < 4.78 is 0. The highest BCUT2D eigenvalue weighted by atomic mass is 32.2. The summed E-state index contributed by atoms with van der Waals surface area (Å²) in [5.41, 5.74) is 2.54. The Hall–Kier alpha value is -0.540. The Morgan fingerprint density at radius 2 is 2.20 bits per heavy atom. The van der Waals surface area contributed by atoms with Crippen molar-refractivity contribution in [2.75, 3.05) is 12.8 Å². The molecule has 0 bridgehead atoms. The lowest BCUT2D eigenvalue weighted by Crippen LogP contribution is -2.19. The van der Waals surface area contributed by atoms with Crippen molar-refractivity contribution in [3.63, 3.8) is 0 Å².